The summed E-state index contributed by atoms with van der Waals surface area (Å²) in [7, 11) is 0. The molecule has 3 nitrogen and oxygen atoms in total. The van der Waals surface area contributed by atoms with Crippen molar-refractivity contribution >= 4 is 22.6 Å². The number of hydrogen-bond donors (Lipinski definition) is 1. The van der Waals surface area contributed by atoms with Crippen LogP contribution in [0.2, 0.25) is 5.02 Å². The molecule has 0 spiro atoms. The molecule has 0 atom stereocenters. The molecule has 0 saturated heterocycles. The lowest BCUT2D eigenvalue weighted by molar-refractivity contribution is 0.355. The Kier molecular flexibility index (Phi) is 2.27. The zero-order valence-electron chi connectivity index (χ0n) is 8.77. The minimum Gasteiger partial charge on any atom is -0.338 e. The number of halogens is 1. The second-order valence-electron chi connectivity index (χ2n) is 3.77. The number of nitrogens with zero attached hydrogens (tertiary/aromatic N) is 1. The number of nitrogens with one attached hydrogen (secondary N) is 1. The largest absolute Gasteiger partial charge is 0.338 e. The second-order valence-corrected chi connectivity index (χ2v) is 4.21. The lowest BCUT2D eigenvalue weighted by Gasteiger charge is -1.95. The quantitative estimate of drug-likeness (QED) is 0.689. The van der Waals surface area contributed by atoms with Crippen LogP contribution in [0.5, 0.6) is 5.75 Å². The SMILES string of the molecule is [O]c1ccc2[nH]c(-c3ccc(Cl)cc3)nc2c1. The van der Waals surface area contributed by atoms with Gasteiger partial charge in [0.05, 0.1) is 11.0 Å². The van der Waals surface area contributed by atoms with Crippen LogP contribution in [0.1, 0.15) is 0 Å². The first-order valence-corrected chi connectivity index (χ1v) is 5.53. The summed E-state index contributed by atoms with van der Waals surface area (Å²) in [5.74, 6) is 0.703. The Morgan fingerprint density at radius 2 is 1.82 bits per heavy atom. The van der Waals surface area contributed by atoms with Crippen molar-refractivity contribution in [1.29, 1.82) is 0 Å². The molecule has 1 radical (unpaired) electrons. The van der Waals surface area contributed by atoms with Crippen LogP contribution in [-0.4, -0.2) is 9.97 Å². The third-order valence-electron chi connectivity index (χ3n) is 2.57. The number of imidazole rings is 1. The normalized spacial score (nSPS) is 10.9. The van der Waals surface area contributed by atoms with Crippen LogP contribution >= 0.6 is 11.6 Å². The third-order valence-corrected chi connectivity index (χ3v) is 2.82. The molecular formula is C13H8ClN2O. The van der Waals surface area contributed by atoms with Gasteiger partial charge in [-0.3, -0.25) is 5.11 Å². The minimum atomic E-state index is -0.0355. The zero-order chi connectivity index (χ0) is 11.8. The van der Waals surface area contributed by atoms with E-state index in [1.807, 2.05) is 24.3 Å². The first-order chi connectivity index (χ1) is 8.22. The van der Waals surface area contributed by atoms with Gasteiger partial charge in [-0.15, -0.1) is 0 Å². The lowest BCUT2D eigenvalue weighted by Crippen LogP contribution is -1.78. The number of fused-ring (bicyclic) bond motifs is 1. The summed E-state index contributed by atoms with van der Waals surface area (Å²) in [5.41, 5.74) is 2.48. The van der Waals surface area contributed by atoms with Gasteiger partial charge in [-0.2, -0.15) is 0 Å². The van der Waals surface area contributed by atoms with Crippen molar-refractivity contribution in [1.82, 2.24) is 9.97 Å². The summed E-state index contributed by atoms with van der Waals surface area (Å²) in [4.78, 5) is 7.54. The van der Waals surface area contributed by atoms with E-state index in [9.17, 15) is 5.11 Å². The van der Waals surface area contributed by atoms with Crippen LogP contribution in [0.3, 0.4) is 0 Å². The Balaban J connectivity index is 2.14. The summed E-state index contributed by atoms with van der Waals surface area (Å²) >= 11 is 5.83. The van der Waals surface area contributed by atoms with Gasteiger partial charge in [0, 0.05) is 16.7 Å². The van der Waals surface area contributed by atoms with Crippen LogP contribution < -0.4 is 0 Å². The van der Waals surface area contributed by atoms with Crippen molar-refractivity contribution in [3.05, 3.63) is 47.5 Å². The first-order valence-electron chi connectivity index (χ1n) is 5.15. The Morgan fingerprint density at radius 1 is 1.06 bits per heavy atom. The highest BCUT2D eigenvalue weighted by Crippen LogP contribution is 2.24. The maximum atomic E-state index is 11.2. The molecule has 0 aliphatic rings. The number of benzene rings is 2. The van der Waals surface area contributed by atoms with Crippen molar-refractivity contribution in [2.45, 2.75) is 0 Å². The van der Waals surface area contributed by atoms with E-state index < -0.39 is 0 Å². The number of hydrogen-bond acceptors (Lipinski definition) is 1. The molecule has 2 aromatic carbocycles. The van der Waals surface area contributed by atoms with Crippen molar-refractivity contribution < 1.29 is 5.11 Å². The van der Waals surface area contributed by atoms with E-state index in [1.165, 1.54) is 12.1 Å². The average Bonchev–Trinajstić information content (AvgIpc) is 2.72. The standard InChI is InChI=1S/C13H8ClN2O/c14-9-3-1-8(2-4-9)13-15-11-6-5-10(17)7-12(11)16-13/h1-7H,(H,15,16). The number of aromatic amines is 1. The number of rotatable bonds is 1. The van der Waals surface area contributed by atoms with E-state index in [2.05, 4.69) is 9.97 Å². The Morgan fingerprint density at radius 3 is 2.59 bits per heavy atom. The molecule has 1 aromatic heterocycles. The van der Waals surface area contributed by atoms with E-state index >= 15 is 0 Å². The third kappa shape index (κ3) is 1.85. The second kappa shape index (κ2) is 3.79. The highest BCUT2D eigenvalue weighted by molar-refractivity contribution is 6.30. The van der Waals surface area contributed by atoms with Crippen LogP contribution in [0.4, 0.5) is 0 Å². The highest BCUT2D eigenvalue weighted by Gasteiger charge is 2.05. The molecule has 0 unspecified atom stereocenters. The number of aromatic nitrogens is 2. The van der Waals surface area contributed by atoms with Gasteiger partial charge in [0.25, 0.3) is 0 Å². The Labute approximate surface area is 103 Å². The summed E-state index contributed by atoms with van der Waals surface area (Å²) in [5, 5.41) is 11.9. The monoisotopic (exact) mass is 243 g/mol. The zero-order valence-corrected chi connectivity index (χ0v) is 9.53. The van der Waals surface area contributed by atoms with Crippen molar-refractivity contribution in [2.24, 2.45) is 0 Å². The minimum absolute atomic E-state index is 0.0355. The van der Waals surface area contributed by atoms with E-state index in [4.69, 9.17) is 11.6 Å². The van der Waals surface area contributed by atoms with Crippen LogP contribution in [0.15, 0.2) is 42.5 Å². The Hall–Kier alpha value is -2.00. The van der Waals surface area contributed by atoms with E-state index in [-0.39, 0.29) is 5.75 Å². The van der Waals surface area contributed by atoms with Crippen molar-refractivity contribution in [3.8, 4) is 17.1 Å². The first kappa shape index (κ1) is 10.2. The van der Waals surface area contributed by atoms with Gasteiger partial charge in [0.1, 0.15) is 5.82 Å². The van der Waals surface area contributed by atoms with Crippen LogP contribution in [-0.2, 0) is 5.11 Å². The van der Waals surface area contributed by atoms with E-state index in [0.29, 0.717) is 10.5 Å². The maximum absolute atomic E-state index is 11.2. The summed E-state index contributed by atoms with van der Waals surface area (Å²) < 4.78 is 0. The van der Waals surface area contributed by atoms with Gasteiger partial charge in [0.15, 0.2) is 5.75 Å². The smallest absolute Gasteiger partial charge is 0.180 e. The fraction of sp³-hybridized carbons (Fsp3) is 0. The topological polar surface area (TPSA) is 48.6 Å². The summed E-state index contributed by atoms with van der Waals surface area (Å²) in [6.45, 7) is 0. The van der Waals surface area contributed by atoms with E-state index in [1.54, 1.807) is 6.07 Å². The molecule has 1 N–H and O–H groups in total. The van der Waals surface area contributed by atoms with Gasteiger partial charge in [-0.1, -0.05) is 11.6 Å². The summed E-state index contributed by atoms with van der Waals surface area (Å²) in [6, 6.07) is 12.2. The van der Waals surface area contributed by atoms with Gasteiger partial charge in [-0.25, -0.2) is 4.98 Å². The summed E-state index contributed by atoms with van der Waals surface area (Å²) in [6.07, 6.45) is 0. The highest BCUT2D eigenvalue weighted by atomic mass is 35.5. The molecule has 83 valence electrons. The van der Waals surface area contributed by atoms with Crippen LogP contribution in [0.25, 0.3) is 22.4 Å². The van der Waals surface area contributed by atoms with Gasteiger partial charge in [0.2, 0.25) is 0 Å². The molecular weight excluding hydrogens is 236 g/mol. The predicted molar refractivity (Wildman–Crippen MR) is 66.7 cm³/mol. The Bertz CT molecular complexity index is 673. The molecule has 4 heteroatoms. The molecule has 0 amide bonds. The van der Waals surface area contributed by atoms with Crippen molar-refractivity contribution in [3.63, 3.8) is 0 Å². The lowest BCUT2D eigenvalue weighted by atomic mass is 10.2. The average molecular weight is 244 g/mol. The molecule has 0 fully saturated rings. The van der Waals surface area contributed by atoms with Gasteiger partial charge >= 0.3 is 0 Å². The molecule has 0 bridgehead atoms. The molecule has 0 saturated carbocycles. The predicted octanol–water partition coefficient (Wildman–Crippen LogP) is 4.03. The fourth-order valence-electron chi connectivity index (χ4n) is 1.73. The van der Waals surface area contributed by atoms with Crippen LogP contribution in [0, 0.1) is 0 Å². The molecule has 3 rings (SSSR count). The van der Waals surface area contributed by atoms with Gasteiger partial charge in [-0.05, 0) is 36.4 Å². The molecule has 3 aromatic rings. The maximum Gasteiger partial charge on any atom is 0.180 e. The van der Waals surface area contributed by atoms with Crippen molar-refractivity contribution in [2.75, 3.05) is 0 Å². The molecule has 1 heterocycles. The number of H-pyrrole nitrogens is 1. The molecule has 0 aliphatic heterocycles. The fourth-order valence-corrected chi connectivity index (χ4v) is 1.86. The molecule has 17 heavy (non-hydrogen) atoms. The van der Waals surface area contributed by atoms with E-state index in [0.717, 1.165) is 16.9 Å². The molecule has 0 aliphatic carbocycles. The van der Waals surface area contributed by atoms with Gasteiger partial charge < -0.3 is 4.98 Å².